The van der Waals surface area contributed by atoms with Crippen molar-refractivity contribution in [3.63, 3.8) is 0 Å². The van der Waals surface area contributed by atoms with Gasteiger partial charge in [-0.25, -0.2) is 13.9 Å². The van der Waals surface area contributed by atoms with Crippen LogP contribution in [0.4, 0.5) is 8.78 Å². The van der Waals surface area contributed by atoms with Crippen molar-refractivity contribution in [1.82, 2.24) is 14.7 Å². The molecular formula is C17H13BrF2N4O5S2. The Hall–Kier alpha value is -2.41. The molecule has 2 heterocycles. The van der Waals surface area contributed by atoms with E-state index in [0.717, 1.165) is 28.4 Å². The number of benzene rings is 1. The second-order valence-corrected chi connectivity index (χ2v) is 9.43. The predicted molar refractivity (Wildman–Crippen MR) is 109 cm³/mol. The average molecular weight is 535 g/mol. The minimum atomic E-state index is -3.96. The van der Waals surface area contributed by atoms with Gasteiger partial charge >= 0.3 is 0 Å². The highest BCUT2D eigenvalue weighted by molar-refractivity contribution is 9.10. The number of hydrogen-bond acceptors (Lipinski definition) is 6. The Morgan fingerprint density at radius 3 is 2.55 bits per heavy atom. The maximum absolute atomic E-state index is 14.6. The van der Waals surface area contributed by atoms with Gasteiger partial charge in [-0.2, -0.15) is 18.2 Å². The van der Waals surface area contributed by atoms with Crippen molar-refractivity contribution in [2.45, 2.75) is 6.17 Å². The van der Waals surface area contributed by atoms with E-state index in [4.69, 9.17) is 5.14 Å². The Morgan fingerprint density at radius 1 is 1.35 bits per heavy atom. The van der Waals surface area contributed by atoms with Gasteiger partial charge in [-0.05, 0) is 34.1 Å². The summed E-state index contributed by atoms with van der Waals surface area (Å²) < 4.78 is 53.2. The summed E-state index contributed by atoms with van der Waals surface area (Å²) in [4.78, 5) is 26.1. The molecule has 14 heteroatoms. The van der Waals surface area contributed by atoms with Crippen LogP contribution in [0.15, 0.2) is 28.1 Å². The highest BCUT2D eigenvalue weighted by Gasteiger charge is 2.43. The van der Waals surface area contributed by atoms with Crippen molar-refractivity contribution in [2.24, 2.45) is 5.14 Å². The van der Waals surface area contributed by atoms with Crippen LogP contribution in [0.5, 0.6) is 0 Å². The van der Waals surface area contributed by atoms with Gasteiger partial charge in [0, 0.05) is 15.4 Å². The van der Waals surface area contributed by atoms with E-state index in [9.17, 15) is 32.0 Å². The third-order valence-electron chi connectivity index (χ3n) is 4.04. The SMILES string of the molecule is NS(=O)(=O)NCC#Cc1cc(F)c(C(=O)N2CC(=O)N(O)C2c2cc(Br)cs2)c(F)c1. The van der Waals surface area contributed by atoms with Gasteiger partial charge in [-0.1, -0.05) is 11.8 Å². The molecule has 1 atom stereocenters. The summed E-state index contributed by atoms with van der Waals surface area (Å²) in [7, 11) is -3.96. The lowest BCUT2D eigenvalue weighted by molar-refractivity contribution is -0.168. The average Bonchev–Trinajstić information content (AvgIpc) is 3.20. The van der Waals surface area contributed by atoms with Gasteiger partial charge in [0.15, 0.2) is 6.17 Å². The predicted octanol–water partition coefficient (Wildman–Crippen LogP) is 1.31. The number of amides is 2. The molecular weight excluding hydrogens is 522 g/mol. The van der Waals surface area contributed by atoms with Crippen LogP contribution in [0.1, 0.15) is 27.0 Å². The van der Waals surface area contributed by atoms with E-state index in [2.05, 4.69) is 27.8 Å². The van der Waals surface area contributed by atoms with Crippen LogP contribution in [-0.2, 0) is 15.0 Å². The second-order valence-electron chi connectivity index (χ2n) is 6.20. The summed E-state index contributed by atoms with van der Waals surface area (Å²) in [5, 5.41) is 16.8. The molecule has 164 valence electrons. The van der Waals surface area contributed by atoms with Gasteiger partial charge < -0.3 is 4.90 Å². The number of hydrogen-bond donors (Lipinski definition) is 3. The zero-order chi connectivity index (χ0) is 22.9. The molecule has 1 aromatic heterocycles. The molecule has 1 saturated heterocycles. The number of halogens is 3. The van der Waals surface area contributed by atoms with Crippen LogP contribution in [0.25, 0.3) is 0 Å². The monoisotopic (exact) mass is 534 g/mol. The van der Waals surface area contributed by atoms with E-state index in [-0.39, 0.29) is 12.1 Å². The molecule has 0 aliphatic carbocycles. The van der Waals surface area contributed by atoms with Crippen molar-refractivity contribution < 1.29 is 32.0 Å². The minimum Gasteiger partial charge on any atom is -0.302 e. The van der Waals surface area contributed by atoms with Gasteiger partial charge in [0.25, 0.3) is 22.0 Å². The zero-order valence-electron chi connectivity index (χ0n) is 15.3. The van der Waals surface area contributed by atoms with Gasteiger partial charge in [-0.3, -0.25) is 14.8 Å². The van der Waals surface area contributed by atoms with E-state index >= 15 is 0 Å². The number of rotatable bonds is 4. The molecule has 9 nitrogen and oxygen atoms in total. The van der Waals surface area contributed by atoms with E-state index < -0.39 is 51.9 Å². The molecule has 1 fully saturated rings. The van der Waals surface area contributed by atoms with Gasteiger partial charge in [0.1, 0.15) is 23.7 Å². The first-order valence-electron chi connectivity index (χ1n) is 8.29. The highest BCUT2D eigenvalue weighted by atomic mass is 79.9. The lowest BCUT2D eigenvalue weighted by atomic mass is 10.1. The lowest BCUT2D eigenvalue weighted by Gasteiger charge is -2.25. The third-order valence-corrected chi connectivity index (χ3v) is 6.32. The van der Waals surface area contributed by atoms with E-state index in [1.165, 1.54) is 0 Å². The number of thiophene rings is 1. The first-order valence-corrected chi connectivity index (χ1v) is 11.5. The maximum atomic E-state index is 14.6. The van der Waals surface area contributed by atoms with E-state index in [1.54, 1.807) is 11.4 Å². The fourth-order valence-electron chi connectivity index (χ4n) is 2.77. The van der Waals surface area contributed by atoms with Crippen molar-refractivity contribution in [2.75, 3.05) is 13.1 Å². The van der Waals surface area contributed by atoms with Gasteiger partial charge in [0.05, 0.1) is 11.4 Å². The molecule has 0 spiro atoms. The van der Waals surface area contributed by atoms with Crippen LogP contribution in [-0.4, -0.2) is 48.5 Å². The number of carbonyl (C=O) groups excluding carboxylic acids is 2. The third kappa shape index (κ3) is 5.26. The largest absolute Gasteiger partial charge is 0.302 e. The van der Waals surface area contributed by atoms with Crippen LogP contribution in [0, 0.1) is 23.5 Å². The number of nitrogens with one attached hydrogen (secondary N) is 1. The van der Waals surface area contributed by atoms with Crippen LogP contribution in [0.2, 0.25) is 0 Å². The molecule has 0 radical (unpaired) electrons. The number of hydroxylamine groups is 2. The Bertz CT molecular complexity index is 1200. The van der Waals surface area contributed by atoms with Crippen LogP contribution < -0.4 is 9.86 Å². The van der Waals surface area contributed by atoms with Gasteiger partial charge in [-0.15, -0.1) is 11.3 Å². The fourth-order valence-corrected chi connectivity index (χ4v) is 4.58. The number of nitrogens with two attached hydrogens (primary N) is 1. The standard InChI is InChI=1S/C17H13BrF2N4O5S2/c18-10-6-13(30-8-10)16-23(7-14(25)24(16)27)17(26)15-11(19)4-9(5-12(15)20)2-1-3-22-31(21,28)29/h4-6,8,16,22,27H,3,7H2,(H2,21,28,29). The summed E-state index contributed by atoms with van der Waals surface area (Å²) >= 11 is 4.36. The molecule has 1 aliphatic rings. The summed E-state index contributed by atoms with van der Waals surface area (Å²) in [6.07, 6.45) is -1.24. The molecule has 0 saturated carbocycles. The van der Waals surface area contributed by atoms with E-state index in [1.807, 2.05) is 4.72 Å². The maximum Gasteiger partial charge on any atom is 0.275 e. The quantitative estimate of drug-likeness (QED) is 0.401. The van der Waals surface area contributed by atoms with Crippen LogP contribution in [0.3, 0.4) is 0 Å². The number of carbonyl (C=O) groups is 2. The summed E-state index contributed by atoms with van der Waals surface area (Å²) in [5.74, 6) is 0.254. The topological polar surface area (TPSA) is 133 Å². The minimum absolute atomic E-state index is 0.150. The van der Waals surface area contributed by atoms with Crippen molar-refractivity contribution in [3.8, 4) is 11.8 Å². The summed E-state index contributed by atoms with van der Waals surface area (Å²) in [5.41, 5.74) is -1.07. The first kappa shape index (κ1) is 23.3. The van der Waals surface area contributed by atoms with Crippen molar-refractivity contribution >= 4 is 49.3 Å². The molecule has 1 aliphatic heterocycles. The molecule has 3 rings (SSSR count). The number of nitrogens with zero attached hydrogens (tertiary/aromatic N) is 2. The lowest BCUT2D eigenvalue weighted by Crippen LogP contribution is -2.35. The Labute approximate surface area is 187 Å². The second kappa shape index (κ2) is 8.99. The van der Waals surface area contributed by atoms with E-state index in [0.29, 0.717) is 14.4 Å². The van der Waals surface area contributed by atoms with Crippen molar-refractivity contribution in [1.29, 1.82) is 0 Å². The fraction of sp³-hybridized carbons (Fsp3) is 0.176. The smallest absolute Gasteiger partial charge is 0.275 e. The summed E-state index contributed by atoms with van der Waals surface area (Å²) in [6, 6.07) is 3.16. The zero-order valence-corrected chi connectivity index (χ0v) is 18.5. The van der Waals surface area contributed by atoms with Crippen LogP contribution >= 0.6 is 27.3 Å². The Kier molecular flexibility index (Phi) is 6.74. The highest BCUT2D eigenvalue weighted by Crippen LogP contribution is 2.36. The molecule has 1 aromatic carbocycles. The molecule has 4 N–H and O–H groups in total. The van der Waals surface area contributed by atoms with Crippen molar-refractivity contribution in [3.05, 3.63) is 55.7 Å². The normalized spacial score (nSPS) is 16.4. The first-order chi connectivity index (χ1) is 14.5. The Morgan fingerprint density at radius 2 is 2.00 bits per heavy atom. The molecule has 2 aromatic rings. The molecule has 2 amide bonds. The molecule has 0 bridgehead atoms. The van der Waals surface area contributed by atoms with Gasteiger partial charge in [0.2, 0.25) is 0 Å². The summed E-state index contributed by atoms with van der Waals surface area (Å²) in [6.45, 7) is -0.960. The molecule has 31 heavy (non-hydrogen) atoms. The molecule has 1 unspecified atom stereocenters. The Balaban J connectivity index is 1.89.